The molecule has 0 amide bonds. The average molecular weight is 223 g/mol. The predicted octanol–water partition coefficient (Wildman–Crippen LogP) is 1.69. The van der Waals surface area contributed by atoms with Gasteiger partial charge in [-0.15, -0.1) is 0 Å². The maximum Gasteiger partial charge on any atom is 0.340 e. The van der Waals surface area contributed by atoms with Gasteiger partial charge in [0.25, 0.3) is 0 Å². The normalized spacial score (nSPS) is 19.8. The van der Waals surface area contributed by atoms with Crippen LogP contribution in [0.1, 0.15) is 28.3 Å². The molecule has 1 N–H and O–H groups in total. The Labute approximate surface area is 93.6 Å². The minimum atomic E-state index is -0.631. The number of hydrogen-bond acceptors (Lipinski definition) is 3. The van der Waals surface area contributed by atoms with Gasteiger partial charge in [-0.3, -0.25) is 0 Å². The number of rotatable bonds is 2. The van der Waals surface area contributed by atoms with Gasteiger partial charge in [0.2, 0.25) is 0 Å². The van der Waals surface area contributed by atoms with Crippen LogP contribution in [0.5, 0.6) is 0 Å². The first kappa shape index (κ1) is 11.1. The molecule has 0 saturated carbocycles. The van der Waals surface area contributed by atoms with E-state index in [1.54, 1.807) is 6.07 Å². The largest absolute Gasteiger partial charge is 0.465 e. The summed E-state index contributed by atoms with van der Waals surface area (Å²) in [5.41, 5.74) is 0.937. The number of halogens is 1. The van der Waals surface area contributed by atoms with E-state index in [2.05, 4.69) is 10.1 Å². The first-order chi connectivity index (χ1) is 7.72. The lowest BCUT2D eigenvalue weighted by atomic mass is 9.97. The van der Waals surface area contributed by atoms with Crippen molar-refractivity contribution >= 4 is 5.97 Å². The second kappa shape index (κ2) is 4.61. The van der Waals surface area contributed by atoms with Crippen LogP contribution >= 0.6 is 0 Å². The maximum atomic E-state index is 13.6. The van der Waals surface area contributed by atoms with E-state index in [1.165, 1.54) is 19.2 Å². The Balaban J connectivity index is 2.25. The van der Waals surface area contributed by atoms with Crippen LogP contribution in [0.4, 0.5) is 4.39 Å². The summed E-state index contributed by atoms with van der Waals surface area (Å²) in [7, 11) is 1.25. The Morgan fingerprint density at radius 1 is 1.56 bits per heavy atom. The summed E-state index contributed by atoms with van der Waals surface area (Å²) in [5.74, 6) is -0.786. The van der Waals surface area contributed by atoms with Crippen LogP contribution < -0.4 is 5.32 Å². The van der Waals surface area contributed by atoms with Gasteiger partial charge in [0, 0.05) is 6.54 Å². The number of carbonyl (C=O) groups excluding carboxylic acids is 1. The molecule has 0 aromatic heterocycles. The highest BCUT2D eigenvalue weighted by atomic mass is 19.1. The molecule has 16 heavy (non-hydrogen) atoms. The molecule has 1 aromatic carbocycles. The van der Waals surface area contributed by atoms with Crippen LogP contribution in [0, 0.1) is 5.82 Å². The van der Waals surface area contributed by atoms with E-state index >= 15 is 0 Å². The molecule has 1 aliphatic rings. The van der Waals surface area contributed by atoms with Crippen molar-refractivity contribution in [1.82, 2.24) is 5.32 Å². The van der Waals surface area contributed by atoms with E-state index in [0.717, 1.165) is 25.1 Å². The molecule has 0 unspecified atom stereocenters. The van der Waals surface area contributed by atoms with Crippen molar-refractivity contribution < 1.29 is 13.9 Å². The van der Waals surface area contributed by atoms with Gasteiger partial charge in [0.05, 0.1) is 12.7 Å². The van der Waals surface area contributed by atoms with Gasteiger partial charge in [0.15, 0.2) is 0 Å². The number of carbonyl (C=O) groups is 1. The van der Waals surface area contributed by atoms with E-state index in [9.17, 15) is 9.18 Å². The fourth-order valence-electron chi connectivity index (χ4n) is 2.00. The van der Waals surface area contributed by atoms with Gasteiger partial charge in [-0.2, -0.15) is 0 Å². The van der Waals surface area contributed by atoms with Crippen molar-refractivity contribution in [3.8, 4) is 0 Å². The van der Waals surface area contributed by atoms with Crippen molar-refractivity contribution in [3.63, 3.8) is 0 Å². The van der Waals surface area contributed by atoms with Gasteiger partial charge in [-0.05, 0) is 36.6 Å². The summed E-state index contributed by atoms with van der Waals surface area (Å²) in [4.78, 5) is 11.2. The quantitative estimate of drug-likeness (QED) is 0.775. The number of hydrogen-bond donors (Lipinski definition) is 1. The highest BCUT2D eigenvalue weighted by Gasteiger charge is 2.19. The third-order valence-corrected chi connectivity index (χ3v) is 2.93. The molecule has 1 aliphatic heterocycles. The molecule has 86 valence electrons. The third-order valence-electron chi connectivity index (χ3n) is 2.93. The van der Waals surface area contributed by atoms with Crippen molar-refractivity contribution in [2.75, 3.05) is 20.2 Å². The standard InChI is InChI=1S/C12H14FNO2/c1-16-12(15)10-3-2-8(6-11(10)13)9-4-5-14-7-9/h2-3,6,9,14H,4-5,7H2,1H3/t9-/m1/s1. The van der Waals surface area contributed by atoms with E-state index in [1.807, 2.05) is 0 Å². The lowest BCUT2D eigenvalue weighted by molar-refractivity contribution is 0.0595. The van der Waals surface area contributed by atoms with Crippen LogP contribution in [-0.4, -0.2) is 26.2 Å². The topological polar surface area (TPSA) is 38.3 Å². The van der Waals surface area contributed by atoms with E-state index in [0.29, 0.717) is 5.92 Å². The predicted molar refractivity (Wildman–Crippen MR) is 58.0 cm³/mol. The minimum Gasteiger partial charge on any atom is -0.465 e. The molecule has 0 bridgehead atoms. The Bertz CT molecular complexity index is 400. The van der Waals surface area contributed by atoms with Gasteiger partial charge in [-0.1, -0.05) is 6.07 Å². The van der Waals surface area contributed by atoms with Crippen molar-refractivity contribution in [2.45, 2.75) is 12.3 Å². The van der Waals surface area contributed by atoms with Crippen molar-refractivity contribution in [2.24, 2.45) is 0 Å². The lowest BCUT2D eigenvalue weighted by Gasteiger charge is -2.10. The second-order valence-electron chi connectivity index (χ2n) is 3.92. The Morgan fingerprint density at radius 2 is 2.38 bits per heavy atom. The molecule has 1 saturated heterocycles. The van der Waals surface area contributed by atoms with Crippen molar-refractivity contribution in [1.29, 1.82) is 0 Å². The number of methoxy groups -OCH3 is 1. The smallest absolute Gasteiger partial charge is 0.340 e. The second-order valence-corrected chi connectivity index (χ2v) is 3.92. The summed E-state index contributed by atoms with van der Waals surface area (Å²) in [5, 5.41) is 3.22. The van der Waals surface area contributed by atoms with E-state index < -0.39 is 11.8 Å². The number of esters is 1. The molecule has 0 aliphatic carbocycles. The Kier molecular flexibility index (Phi) is 3.19. The van der Waals surface area contributed by atoms with Crippen molar-refractivity contribution in [3.05, 3.63) is 35.1 Å². The summed E-state index contributed by atoms with van der Waals surface area (Å²) in [6, 6.07) is 4.73. The summed E-state index contributed by atoms with van der Waals surface area (Å²) < 4.78 is 18.1. The zero-order chi connectivity index (χ0) is 11.5. The highest BCUT2D eigenvalue weighted by Crippen LogP contribution is 2.24. The average Bonchev–Trinajstić information content (AvgIpc) is 2.81. The lowest BCUT2D eigenvalue weighted by Crippen LogP contribution is -2.09. The molecule has 0 radical (unpaired) electrons. The number of ether oxygens (including phenoxy) is 1. The van der Waals surface area contributed by atoms with E-state index in [4.69, 9.17) is 0 Å². The van der Waals surface area contributed by atoms with Gasteiger partial charge < -0.3 is 10.1 Å². The van der Waals surface area contributed by atoms with Crippen LogP contribution in [0.15, 0.2) is 18.2 Å². The van der Waals surface area contributed by atoms with E-state index in [-0.39, 0.29) is 5.56 Å². The van der Waals surface area contributed by atoms with Gasteiger partial charge in [0.1, 0.15) is 5.82 Å². The minimum absolute atomic E-state index is 0.00259. The molecular formula is C12H14FNO2. The molecule has 1 aromatic rings. The molecule has 1 heterocycles. The third kappa shape index (κ3) is 2.07. The molecule has 4 heteroatoms. The van der Waals surface area contributed by atoms with Gasteiger partial charge in [-0.25, -0.2) is 9.18 Å². The zero-order valence-corrected chi connectivity index (χ0v) is 9.13. The summed E-state index contributed by atoms with van der Waals surface area (Å²) in [6.07, 6.45) is 1.01. The number of nitrogens with one attached hydrogen (secondary N) is 1. The SMILES string of the molecule is COC(=O)c1ccc([C@@H]2CCNC2)cc1F. The van der Waals surface area contributed by atoms with Crippen LogP contribution in [0.25, 0.3) is 0 Å². The first-order valence-electron chi connectivity index (χ1n) is 5.31. The maximum absolute atomic E-state index is 13.6. The summed E-state index contributed by atoms with van der Waals surface area (Å²) >= 11 is 0. The molecule has 1 fully saturated rings. The van der Waals surface area contributed by atoms with Gasteiger partial charge >= 0.3 is 5.97 Å². The van der Waals surface area contributed by atoms with Crippen LogP contribution in [0.3, 0.4) is 0 Å². The molecule has 0 spiro atoms. The van der Waals surface area contributed by atoms with Crippen LogP contribution in [0.2, 0.25) is 0 Å². The zero-order valence-electron chi connectivity index (χ0n) is 9.13. The Hall–Kier alpha value is -1.42. The summed E-state index contributed by atoms with van der Waals surface area (Å²) in [6.45, 7) is 1.84. The molecule has 1 atom stereocenters. The monoisotopic (exact) mass is 223 g/mol. The van der Waals surface area contributed by atoms with Crippen LogP contribution in [-0.2, 0) is 4.74 Å². The molecule has 2 rings (SSSR count). The highest BCUT2D eigenvalue weighted by molar-refractivity contribution is 5.89. The fourth-order valence-corrected chi connectivity index (χ4v) is 2.00. The number of benzene rings is 1. The first-order valence-corrected chi connectivity index (χ1v) is 5.31. The Morgan fingerprint density at radius 3 is 2.94 bits per heavy atom. The molecular weight excluding hydrogens is 209 g/mol. The fraction of sp³-hybridized carbons (Fsp3) is 0.417. The molecule has 3 nitrogen and oxygen atoms in total.